The first-order valence-electron chi connectivity index (χ1n) is 9.34. The molecule has 1 saturated carbocycles. The summed E-state index contributed by atoms with van der Waals surface area (Å²) >= 11 is 1.48. The van der Waals surface area contributed by atoms with Gasteiger partial charge in [-0.1, -0.05) is 30.6 Å². The summed E-state index contributed by atoms with van der Waals surface area (Å²) in [4.78, 5) is 27.6. The maximum Gasteiger partial charge on any atom is 0.226 e. The van der Waals surface area contributed by atoms with Crippen LogP contribution in [0.5, 0.6) is 0 Å². The molecule has 3 rings (SSSR count). The topological polar surface area (TPSA) is 79.6 Å². The minimum Gasteiger partial charge on any atom is -0.334 e. The molecule has 2 aliphatic rings. The molecule has 1 aromatic heterocycles. The van der Waals surface area contributed by atoms with E-state index < -0.39 is 0 Å². The summed E-state index contributed by atoms with van der Waals surface area (Å²) in [5.74, 6) is 0.417. The number of rotatable bonds is 5. The number of carbonyl (C=O) groups excluding carboxylic acids is 2. The summed E-state index contributed by atoms with van der Waals surface area (Å²) in [5, 5.41) is 12.7. The number of hydrogen-bond donors (Lipinski definition) is 2. The molecule has 0 spiro atoms. The minimum atomic E-state index is -0.153. The van der Waals surface area contributed by atoms with E-state index in [0.29, 0.717) is 11.0 Å². The Balaban J connectivity index is 1.41. The molecule has 8 heteroatoms. The summed E-state index contributed by atoms with van der Waals surface area (Å²) in [6, 6.07) is 0. The summed E-state index contributed by atoms with van der Waals surface area (Å²) in [7, 11) is 2.14. The van der Waals surface area contributed by atoms with E-state index in [1.807, 2.05) is 4.90 Å². The second-order valence-electron chi connectivity index (χ2n) is 7.17. The fourth-order valence-electron chi connectivity index (χ4n) is 3.50. The molecule has 1 aromatic rings. The van der Waals surface area contributed by atoms with Gasteiger partial charge in [0.2, 0.25) is 16.9 Å². The predicted molar refractivity (Wildman–Crippen MR) is 96.8 cm³/mol. The highest BCUT2D eigenvalue weighted by atomic mass is 32.1. The van der Waals surface area contributed by atoms with Gasteiger partial charge in [0, 0.05) is 18.8 Å². The van der Waals surface area contributed by atoms with Crippen molar-refractivity contribution in [2.45, 2.75) is 50.9 Å². The van der Waals surface area contributed by atoms with E-state index in [0.717, 1.165) is 31.2 Å². The van der Waals surface area contributed by atoms with Crippen LogP contribution < -0.4 is 10.2 Å². The monoisotopic (exact) mass is 366 g/mol. The largest absolute Gasteiger partial charge is 0.334 e. The first kappa shape index (κ1) is 18.3. The van der Waals surface area contributed by atoms with Gasteiger partial charge in [-0.3, -0.25) is 9.59 Å². The zero-order chi connectivity index (χ0) is 17.6. The predicted octanol–water partition coefficient (Wildman–Crippen LogP) is 0.661. The number of anilines is 1. The van der Waals surface area contributed by atoms with Crippen LogP contribution in [0, 0.1) is 0 Å². The molecule has 2 amide bonds. The minimum absolute atomic E-state index is 0.0720. The Labute approximate surface area is 152 Å². The van der Waals surface area contributed by atoms with E-state index >= 15 is 0 Å². The molecule has 0 atom stereocenters. The van der Waals surface area contributed by atoms with Gasteiger partial charge in [-0.2, -0.15) is 0 Å². The first-order valence-corrected chi connectivity index (χ1v) is 10.2. The first-order chi connectivity index (χ1) is 12.1. The molecule has 2 heterocycles. The van der Waals surface area contributed by atoms with E-state index in [4.69, 9.17) is 0 Å². The van der Waals surface area contributed by atoms with Crippen LogP contribution in [0.2, 0.25) is 0 Å². The molecule has 2 fully saturated rings. The van der Waals surface area contributed by atoms with E-state index in [1.165, 1.54) is 48.3 Å². The van der Waals surface area contributed by atoms with Gasteiger partial charge >= 0.3 is 0 Å². The Bertz CT molecular complexity index is 592. The van der Waals surface area contributed by atoms with Gasteiger partial charge in [0.15, 0.2) is 0 Å². The van der Waals surface area contributed by atoms with Crippen LogP contribution >= 0.6 is 11.3 Å². The van der Waals surface area contributed by atoms with Gasteiger partial charge < -0.3 is 15.1 Å². The molecule has 0 unspecified atom stereocenters. The van der Waals surface area contributed by atoms with Crippen molar-refractivity contribution in [3.8, 4) is 0 Å². The van der Waals surface area contributed by atoms with E-state index in [1.54, 1.807) is 0 Å². The normalized spacial score (nSPS) is 19.8. The Kier molecular flexibility index (Phi) is 6.36. The van der Waals surface area contributed by atoms with Crippen molar-refractivity contribution in [1.29, 1.82) is 0 Å². The number of amides is 2. The molecule has 0 radical (unpaired) electrons. The maximum atomic E-state index is 12.2. The summed E-state index contributed by atoms with van der Waals surface area (Å²) in [6.07, 6.45) is 6.62. The third-order valence-electron chi connectivity index (χ3n) is 5.18. The summed E-state index contributed by atoms with van der Waals surface area (Å²) < 4.78 is 0. The van der Waals surface area contributed by atoms with Crippen molar-refractivity contribution in [2.24, 2.45) is 0 Å². The molecule has 25 heavy (non-hydrogen) atoms. The highest BCUT2D eigenvalue weighted by Crippen LogP contribution is 2.35. The number of quaternary nitrogens is 1. The fraction of sp³-hybridized carbons (Fsp3) is 0.765. The zero-order valence-electron chi connectivity index (χ0n) is 14.9. The van der Waals surface area contributed by atoms with Gasteiger partial charge in [0.1, 0.15) is 5.01 Å². The van der Waals surface area contributed by atoms with E-state index in [2.05, 4.69) is 22.6 Å². The zero-order valence-corrected chi connectivity index (χ0v) is 15.7. The van der Waals surface area contributed by atoms with Crippen LogP contribution in [0.15, 0.2) is 0 Å². The third-order valence-corrected chi connectivity index (χ3v) is 6.18. The van der Waals surface area contributed by atoms with Crippen molar-refractivity contribution in [3.05, 3.63) is 5.01 Å². The number of nitrogens with one attached hydrogen (secondary N) is 2. The second kappa shape index (κ2) is 8.71. The Morgan fingerprint density at radius 3 is 2.60 bits per heavy atom. The number of aromatic nitrogens is 2. The lowest BCUT2D eigenvalue weighted by Gasteiger charge is -2.30. The molecular formula is C17H28N5O2S+. The van der Waals surface area contributed by atoms with E-state index in [-0.39, 0.29) is 24.7 Å². The molecule has 1 aliphatic carbocycles. The number of hydrogen-bond acceptors (Lipinski definition) is 5. The quantitative estimate of drug-likeness (QED) is 0.802. The van der Waals surface area contributed by atoms with Crippen LogP contribution in [-0.4, -0.2) is 60.1 Å². The molecule has 1 aliphatic heterocycles. The fourth-order valence-corrected chi connectivity index (χ4v) is 4.43. The van der Waals surface area contributed by atoms with Crippen molar-refractivity contribution < 1.29 is 14.5 Å². The number of piperazine rings is 1. The highest BCUT2D eigenvalue weighted by Gasteiger charge is 2.23. The molecule has 7 nitrogen and oxygen atoms in total. The standard InChI is InChI=1S/C17H27N5O2S/c1-21-9-11-22(12-10-21)15(24)8-7-14(23)18-17-20-19-16(25-17)13-5-3-2-4-6-13/h13H,2-12H2,1H3,(H,18,20,23)/p+1. The van der Waals surface area contributed by atoms with Crippen LogP contribution in [-0.2, 0) is 9.59 Å². The molecule has 1 saturated heterocycles. The van der Waals surface area contributed by atoms with Gasteiger partial charge in [-0.15, -0.1) is 10.2 Å². The smallest absolute Gasteiger partial charge is 0.226 e. The lowest BCUT2D eigenvalue weighted by atomic mass is 9.90. The second-order valence-corrected chi connectivity index (χ2v) is 8.18. The van der Waals surface area contributed by atoms with Crippen LogP contribution in [0.25, 0.3) is 0 Å². The van der Waals surface area contributed by atoms with Gasteiger partial charge in [-0.05, 0) is 12.8 Å². The van der Waals surface area contributed by atoms with E-state index in [9.17, 15) is 9.59 Å². The Morgan fingerprint density at radius 2 is 1.88 bits per heavy atom. The molecular weight excluding hydrogens is 338 g/mol. The molecule has 2 N–H and O–H groups in total. The van der Waals surface area contributed by atoms with Crippen LogP contribution in [0.3, 0.4) is 0 Å². The summed E-state index contributed by atoms with van der Waals surface area (Å²) in [6.45, 7) is 3.53. The van der Waals surface area contributed by atoms with Gasteiger partial charge in [0.25, 0.3) is 0 Å². The molecule has 0 bridgehead atoms. The van der Waals surface area contributed by atoms with Gasteiger partial charge in [-0.25, -0.2) is 0 Å². The van der Waals surface area contributed by atoms with Crippen molar-refractivity contribution in [3.63, 3.8) is 0 Å². The SMILES string of the molecule is C[NH+]1CCN(C(=O)CCC(=O)Nc2nnc(C3CCCCC3)s2)CC1. The lowest BCUT2D eigenvalue weighted by Crippen LogP contribution is -3.12. The average molecular weight is 367 g/mol. The van der Waals surface area contributed by atoms with Crippen LogP contribution in [0.4, 0.5) is 5.13 Å². The van der Waals surface area contributed by atoms with Crippen molar-refractivity contribution in [2.75, 3.05) is 38.5 Å². The third kappa shape index (κ3) is 5.22. The number of nitrogens with zero attached hydrogens (tertiary/aromatic N) is 3. The van der Waals surface area contributed by atoms with Crippen molar-refractivity contribution in [1.82, 2.24) is 15.1 Å². The maximum absolute atomic E-state index is 12.2. The Morgan fingerprint density at radius 1 is 1.16 bits per heavy atom. The molecule has 0 aromatic carbocycles. The Hall–Kier alpha value is -1.54. The lowest BCUT2D eigenvalue weighted by molar-refractivity contribution is -0.883. The van der Waals surface area contributed by atoms with Gasteiger partial charge in [0.05, 0.1) is 33.2 Å². The molecule has 138 valence electrons. The summed E-state index contributed by atoms with van der Waals surface area (Å²) in [5.41, 5.74) is 0. The number of carbonyl (C=O) groups is 2. The average Bonchev–Trinajstić information content (AvgIpc) is 3.09. The number of likely N-dealkylation sites (N-methyl/N-ethyl adjacent to an activating group) is 1. The highest BCUT2D eigenvalue weighted by molar-refractivity contribution is 7.15. The van der Waals surface area contributed by atoms with Crippen molar-refractivity contribution >= 4 is 28.3 Å². The van der Waals surface area contributed by atoms with Crippen LogP contribution in [0.1, 0.15) is 55.9 Å².